The van der Waals surface area contributed by atoms with Crippen LogP contribution in [-0.4, -0.2) is 42.2 Å². The van der Waals surface area contributed by atoms with E-state index in [1.165, 1.54) is 0 Å². The highest BCUT2D eigenvalue weighted by Crippen LogP contribution is 2.33. The van der Waals surface area contributed by atoms with Crippen molar-refractivity contribution in [2.75, 3.05) is 7.11 Å². The van der Waals surface area contributed by atoms with Crippen LogP contribution in [0.25, 0.3) is 55.8 Å². The number of methoxy groups -OCH3 is 1. The van der Waals surface area contributed by atoms with E-state index in [2.05, 4.69) is 36.2 Å². The van der Waals surface area contributed by atoms with Gasteiger partial charge in [-0.1, -0.05) is 0 Å². The van der Waals surface area contributed by atoms with Gasteiger partial charge in [0.15, 0.2) is 0 Å². The first kappa shape index (κ1) is 18.2. The maximum Gasteiger partial charge on any atom is 0.137 e. The Bertz CT molecular complexity index is 1570. The number of hydrogen-bond donors (Lipinski definition) is 2. The molecule has 2 N–H and O–H groups in total. The van der Waals surface area contributed by atoms with Gasteiger partial charge >= 0.3 is 0 Å². The van der Waals surface area contributed by atoms with Gasteiger partial charge in [-0.15, -0.1) is 0 Å². The highest BCUT2D eigenvalue weighted by molar-refractivity contribution is 5.99. The lowest BCUT2D eigenvalue weighted by atomic mass is 10.1. The first-order chi connectivity index (χ1) is 15.8. The summed E-state index contributed by atoms with van der Waals surface area (Å²) < 4.78 is 5.30. The molecule has 154 valence electrons. The topological polar surface area (TPSA) is 105 Å². The van der Waals surface area contributed by atoms with Gasteiger partial charge in [-0.2, -0.15) is 5.10 Å². The van der Waals surface area contributed by atoms with Crippen molar-refractivity contribution in [1.82, 2.24) is 35.1 Å². The number of hydrogen-bond acceptors (Lipinski definition) is 6. The Morgan fingerprint density at radius 1 is 0.844 bits per heavy atom. The Morgan fingerprint density at radius 2 is 1.78 bits per heavy atom. The van der Waals surface area contributed by atoms with Crippen molar-refractivity contribution >= 4 is 21.9 Å². The fraction of sp³-hybridized carbons (Fsp3) is 0.0417. The van der Waals surface area contributed by atoms with E-state index in [1.54, 1.807) is 31.9 Å². The summed E-state index contributed by atoms with van der Waals surface area (Å²) in [5, 5.41) is 8.62. The van der Waals surface area contributed by atoms with E-state index >= 15 is 0 Å². The predicted molar refractivity (Wildman–Crippen MR) is 122 cm³/mol. The number of H-pyrrole nitrogens is 2. The van der Waals surface area contributed by atoms with Crippen molar-refractivity contribution in [3.8, 4) is 39.7 Å². The third-order valence-corrected chi connectivity index (χ3v) is 5.39. The zero-order valence-electron chi connectivity index (χ0n) is 17.1. The number of nitrogens with zero attached hydrogens (tertiary/aromatic N) is 5. The monoisotopic (exact) mass is 419 g/mol. The lowest BCUT2D eigenvalue weighted by molar-refractivity contribution is 0.413. The summed E-state index contributed by atoms with van der Waals surface area (Å²) in [5.74, 6) is 0.683. The number of pyridine rings is 4. The number of aromatic nitrogens is 7. The molecule has 6 heterocycles. The fourth-order valence-electron chi connectivity index (χ4n) is 3.83. The van der Waals surface area contributed by atoms with Crippen molar-refractivity contribution in [2.45, 2.75) is 0 Å². The maximum absolute atomic E-state index is 5.30. The van der Waals surface area contributed by atoms with Crippen LogP contribution < -0.4 is 4.74 Å². The molecular formula is C24H17N7O. The molecule has 0 aliphatic carbocycles. The van der Waals surface area contributed by atoms with Crippen LogP contribution in [0.3, 0.4) is 0 Å². The highest BCUT2D eigenvalue weighted by atomic mass is 16.5. The van der Waals surface area contributed by atoms with Gasteiger partial charge in [-0.3, -0.25) is 20.1 Å². The van der Waals surface area contributed by atoms with Crippen LogP contribution in [0, 0.1) is 0 Å². The molecule has 0 atom stereocenters. The average Bonchev–Trinajstić information content (AvgIpc) is 3.48. The van der Waals surface area contributed by atoms with Gasteiger partial charge < -0.3 is 9.72 Å². The van der Waals surface area contributed by atoms with Crippen LogP contribution >= 0.6 is 0 Å². The minimum absolute atomic E-state index is 0.683. The van der Waals surface area contributed by atoms with Crippen LogP contribution in [0.2, 0.25) is 0 Å². The molecule has 0 unspecified atom stereocenters. The van der Waals surface area contributed by atoms with Gasteiger partial charge in [-0.25, -0.2) is 4.98 Å². The Morgan fingerprint density at radius 3 is 2.66 bits per heavy atom. The van der Waals surface area contributed by atoms with Crippen LogP contribution in [0.4, 0.5) is 0 Å². The van der Waals surface area contributed by atoms with E-state index in [9.17, 15) is 0 Å². The second-order valence-corrected chi connectivity index (χ2v) is 7.32. The van der Waals surface area contributed by atoms with Crippen molar-refractivity contribution in [2.24, 2.45) is 0 Å². The molecule has 6 aromatic rings. The molecule has 0 aliphatic heterocycles. The number of ether oxygens (including phenoxy) is 1. The Hall–Kier alpha value is -4.59. The predicted octanol–water partition coefficient (Wildman–Crippen LogP) is 4.63. The zero-order chi connectivity index (χ0) is 21.5. The molecule has 0 saturated heterocycles. The second-order valence-electron chi connectivity index (χ2n) is 7.32. The lowest BCUT2D eigenvalue weighted by Gasteiger charge is -2.04. The van der Waals surface area contributed by atoms with Crippen molar-refractivity contribution in [3.05, 3.63) is 73.4 Å². The first-order valence-corrected chi connectivity index (χ1v) is 10.0. The van der Waals surface area contributed by atoms with Gasteiger partial charge in [0.2, 0.25) is 0 Å². The molecule has 0 aliphatic rings. The van der Waals surface area contributed by atoms with Crippen molar-refractivity contribution < 1.29 is 4.74 Å². The summed E-state index contributed by atoms with van der Waals surface area (Å²) in [7, 11) is 1.62. The molecule has 0 spiro atoms. The smallest absolute Gasteiger partial charge is 0.137 e. The first-order valence-electron chi connectivity index (χ1n) is 10.0. The maximum atomic E-state index is 5.30. The summed E-state index contributed by atoms with van der Waals surface area (Å²) in [6.07, 6.45) is 8.80. The number of rotatable bonds is 4. The van der Waals surface area contributed by atoms with Crippen molar-refractivity contribution in [3.63, 3.8) is 0 Å². The standard InChI is InChI=1S/C24H17N7O/c1-32-16-9-15(12-26-13-16)18-4-5-20-23(29-18)24(31-30-20)21-10-17-19(28-21)6-8-27-22(17)14-3-2-7-25-11-14/h2-13,28H,1H3,(H,30,31). The van der Waals surface area contributed by atoms with Gasteiger partial charge in [-0.05, 0) is 42.5 Å². The van der Waals surface area contributed by atoms with E-state index < -0.39 is 0 Å². The lowest BCUT2D eigenvalue weighted by Crippen LogP contribution is -1.89. The summed E-state index contributed by atoms with van der Waals surface area (Å²) >= 11 is 0. The second kappa shape index (κ2) is 7.28. The molecule has 0 amide bonds. The summed E-state index contributed by atoms with van der Waals surface area (Å²) in [4.78, 5) is 21.4. The van der Waals surface area contributed by atoms with E-state index in [-0.39, 0.29) is 0 Å². The fourth-order valence-corrected chi connectivity index (χ4v) is 3.83. The summed E-state index contributed by atoms with van der Waals surface area (Å²) in [6.45, 7) is 0. The Kier molecular flexibility index (Phi) is 4.14. The normalized spacial score (nSPS) is 11.3. The summed E-state index contributed by atoms with van der Waals surface area (Å²) in [6, 6.07) is 13.7. The largest absolute Gasteiger partial charge is 0.495 e. The SMILES string of the molecule is COc1cncc(-c2ccc3[nH]nc(-c4cc5c(-c6cccnc6)nccc5[nH]4)c3n2)c1. The molecule has 6 rings (SSSR count). The molecule has 0 saturated carbocycles. The molecular weight excluding hydrogens is 402 g/mol. The average molecular weight is 419 g/mol. The zero-order valence-corrected chi connectivity index (χ0v) is 17.1. The molecule has 0 radical (unpaired) electrons. The van der Waals surface area contributed by atoms with Crippen LogP contribution in [0.5, 0.6) is 5.75 Å². The van der Waals surface area contributed by atoms with Gasteiger partial charge in [0.25, 0.3) is 0 Å². The van der Waals surface area contributed by atoms with E-state index in [1.807, 2.05) is 42.6 Å². The Labute approximate surface area is 182 Å². The number of nitrogens with one attached hydrogen (secondary N) is 2. The molecule has 8 nitrogen and oxygen atoms in total. The minimum atomic E-state index is 0.683. The molecule has 0 fully saturated rings. The Balaban J connectivity index is 1.50. The van der Waals surface area contributed by atoms with Crippen molar-refractivity contribution in [1.29, 1.82) is 0 Å². The number of aromatic amines is 2. The molecule has 8 heteroatoms. The van der Waals surface area contributed by atoms with E-state index in [0.29, 0.717) is 5.75 Å². The van der Waals surface area contributed by atoms with Crippen LogP contribution in [0.1, 0.15) is 0 Å². The van der Waals surface area contributed by atoms with Crippen LogP contribution in [-0.2, 0) is 0 Å². The summed E-state index contributed by atoms with van der Waals surface area (Å²) in [5.41, 5.74) is 7.69. The van der Waals surface area contributed by atoms with E-state index in [4.69, 9.17) is 9.72 Å². The van der Waals surface area contributed by atoms with Gasteiger partial charge in [0, 0.05) is 46.8 Å². The molecule has 6 aromatic heterocycles. The molecule has 32 heavy (non-hydrogen) atoms. The third kappa shape index (κ3) is 2.97. The van der Waals surface area contributed by atoms with E-state index in [0.717, 1.165) is 55.8 Å². The highest BCUT2D eigenvalue weighted by Gasteiger charge is 2.16. The molecule has 0 aromatic carbocycles. The van der Waals surface area contributed by atoms with Gasteiger partial charge in [0.1, 0.15) is 17.0 Å². The third-order valence-electron chi connectivity index (χ3n) is 5.39. The number of fused-ring (bicyclic) bond motifs is 2. The quantitative estimate of drug-likeness (QED) is 0.431. The minimum Gasteiger partial charge on any atom is -0.495 e. The van der Waals surface area contributed by atoms with Crippen LogP contribution in [0.15, 0.2) is 73.4 Å². The molecule has 0 bridgehead atoms. The van der Waals surface area contributed by atoms with Gasteiger partial charge in [0.05, 0.1) is 35.9 Å².